The molecule has 1 aliphatic rings. The van der Waals surface area contributed by atoms with E-state index in [0.717, 1.165) is 24.1 Å². The molecule has 0 heterocycles. The summed E-state index contributed by atoms with van der Waals surface area (Å²) in [5.74, 6) is -0.298. The molecule has 1 aliphatic carbocycles. The van der Waals surface area contributed by atoms with Gasteiger partial charge in [-0.2, -0.15) is 4.99 Å². The van der Waals surface area contributed by atoms with Crippen molar-refractivity contribution >= 4 is 11.8 Å². The Morgan fingerprint density at radius 2 is 2.12 bits per heavy atom. The van der Waals surface area contributed by atoms with Crippen LogP contribution in [0.4, 0.5) is 10.1 Å². The third-order valence-corrected chi connectivity index (χ3v) is 2.93. The molecule has 1 fully saturated rings. The van der Waals surface area contributed by atoms with E-state index in [1.54, 1.807) is 12.1 Å². The van der Waals surface area contributed by atoms with E-state index in [1.807, 2.05) is 19.0 Å². The molecule has 0 spiro atoms. The summed E-state index contributed by atoms with van der Waals surface area (Å²) in [6.45, 7) is 0. The standard InChI is InChI=1S/C12H13FN2O/c1-15(2)11-4-3-9(13)7-10(11)12(5-6-12)14-8-16/h3-4,7H,5-6H2,1-2H3. The van der Waals surface area contributed by atoms with Crippen molar-refractivity contribution < 1.29 is 9.18 Å². The Bertz CT molecular complexity index is 460. The minimum atomic E-state index is -0.524. The van der Waals surface area contributed by atoms with E-state index < -0.39 is 5.54 Å². The lowest BCUT2D eigenvalue weighted by Crippen LogP contribution is -2.15. The fourth-order valence-corrected chi connectivity index (χ4v) is 1.92. The summed E-state index contributed by atoms with van der Waals surface area (Å²) in [4.78, 5) is 16.1. The van der Waals surface area contributed by atoms with E-state index in [4.69, 9.17) is 0 Å². The van der Waals surface area contributed by atoms with Crippen LogP contribution in [0.1, 0.15) is 18.4 Å². The molecule has 0 aliphatic heterocycles. The monoisotopic (exact) mass is 220 g/mol. The van der Waals surface area contributed by atoms with Gasteiger partial charge in [-0.25, -0.2) is 9.18 Å². The molecule has 0 radical (unpaired) electrons. The molecule has 1 aromatic carbocycles. The molecule has 0 saturated heterocycles. The molecular weight excluding hydrogens is 207 g/mol. The Morgan fingerprint density at radius 1 is 1.44 bits per heavy atom. The van der Waals surface area contributed by atoms with Crippen molar-refractivity contribution in [3.05, 3.63) is 29.6 Å². The van der Waals surface area contributed by atoms with Gasteiger partial charge < -0.3 is 4.90 Å². The summed E-state index contributed by atoms with van der Waals surface area (Å²) in [5.41, 5.74) is 1.16. The Balaban J connectivity index is 2.54. The zero-order chi connectivity index (χ0) is 11.8. The number of hydrogen-bond acceptors (Lipinski definition) is 3. The van der Waals surface area contributed by atoms with Gasteiger partial charge in [0.1, 0.15) is 11.4 Å². The highest BCUT2D eigenvalue weighted by molar-refractivity contribution is 5.59. The second kappa shape index (κ2) is 3.72. The van der Waals surface area contributed by atoms with Crippen LogP contribution in [0.15, 0.2) is 23.2 Å². The maximum Gasteiger partial charge on any atom is 0.235 e. The maximum atomic E-state index is 13.3. The third kappa shape index (κ3) is 1.72. The molecule has 0 atom stereocenters. The van der Waals surface area contributed by atoms with Crippen LogP contribution in [-0.2, 0) is 10.3 Å². The second-order valence-electron chi connectivity index (χ2n) is 4.29. The summed E-state index contributed by atoms with van der Waals surface area (Å²) >= 11 is 0. The predicted molar refractivity (Wildman–Crippen MR) is 59.8 cm³/mol. The summed E-state index contributed by atoms with van der Waals surface area (Å²) in [5, 5.41) is 0. The molecule has 0 aromatic heterocycles. The van der Waals surface area contributed by atoms with Gasteiger partial charge in [0, 0.05) is 25.3 Å². The van der Waals surface area contributed by atoms with E-state index in [1.165, 1.54) is 12.1 Å². The van der Waals surface area contributed by atoms with Crippen molar-refractivity contribution in [1.29, 1.82) is 0 Å². The number of nitrogens with zero attached hydrogens (tertiary/aromatic N) is 2. The lowest BCUT2D eigenvalue weighted by atomic mass is 10.0. The van der Waals surface area contributed by atoms with Crippen LogP contribution < -0.4 is 4.90 Å². The fraction of sp³-hybridized carbons (Fsp3) is 0.417. The minimum Gasteiger partial charge on any atom is -0.377 e. The molecule has 16 heavy (non-hydrogen) atoms. The predicted octanol–water partition coefficient (Wildman–Crippen LogP) is 2.22. The molecular formula is C12H13FN2O. The zero-order valence-electron chi connectivity index (χ0n) is 9.33. The number of aliphatic imine (C=N–C) groups is 1. The van der Waals surface area contributed by atoms with E-state index in [2.05, 4.69) is 4.99 Å². The number of anilines is 1. The van der Waals surface area contributed by atoms with Crippen LogP contribution in [0.3, 0.4) is 0 Å². The molecule has 0 unspecified atom stereocenters. The summed E-state index contributed by atoms with van der Waals surface area (Å²) in [6, 6.07) is 4.59. The summed E-state index contributed by atoms with van der Waals surface area (Å²) < 4.78 is 13.3. The van der Waals surface area contributed by atoms with Crippen LogP contribution in [-0.4, -0.2) is 20.2 Å². The number of carbonyl (C=O) groups excluding carboxylic acids is 1. The number of benzene rings is 1. The lowest BCUT2D eigenvalue weighted by molar-refractivity contribution is 0.555. The Kier molecular flexibility index (Phi) is 2.52. The first-order chi connectivity index (χ1) is 7.59. The van der Waals surface area contributed by atoms with Crippen molar-refractivity contribution in [2.24, 2.45) is 4.99 Å². The van der Waals surface area contributed by atoms with Gasteiger partial charge in [-0.15, -0.1) is 0 Å². The molecule has 0 bridgehead atoms. The second-order valence-corrected chi connectivity index (χ2v) is 4.29. The Morgan fingerprint density at radius 3 is 2.62 bits per heavy atom. The molecule has 1 saturated carbocycles. The van der Waals surface area contributed by atoms with Crippen molar-refractivity contribution in [2.45, 2.75) is 18.4 Å². The maximum absolute atomic E-state index is 13.3. The van der Waals surface area contributed by atoms with Crippen molar-refractivity contribution in [1.82, 2.24) is 0 Å². The summed E-state index contributed by atoms with van der Waals surface area (Å²) in [6.07, 6.45) is 3.16. The van der Waals surface area contributed by atoms with Crippen molar-refractivity contribution in [3.8, 4) is 0 Å². The normalized spacial score (nSPS) is 16.4. The van der Waals surface area contributed by atoms with Crippen LogP contribution in [0.5, 0.6) is 0 Å². The van der Waals surface area contributed by atoms with Crippen LogP contribution >= 0.6 is 0 Å². The first kappa shape index (κ1) is 10.8. The molecule has 0 N–H and O–H groups in total. The number of hydrogen-bond donors (Lipinski definition) is 0. The molecule has 1 aromatic rings. The van der Waals surface area contributed by atoms with E-state index in [0.29, 0.717) is 0 Å². The molecule has 84 valence electrons. The zero-order valence-corrected chi connectivity index (χ0v) is 9.33. The van der Waals surface area contributed by atoms with Gasteiger partial charge in [-0.3, -0.25) is 0 Å². The molecule has 2 rings (SSSR count). The minimum absolute atomic E-state index is 0.298. The van der Waals surface area contributed by atoms with Gasteiger partial charge >= 0.3 is 0 Å². The van der Waals surface area contributed by atoms with E-state index in [9.17, 15) is 9.18 Å². The van der Waals surface area contributed by atoms with Crippen LogP contribution in [0.2, 0.25) is 0 Å². The quantitative estimate of drug-likeness (QED) is 0.578. The van der Waals surface area contributed by atoms with Gasteiger partial charge in [0.05, 0.1) is 0 Å². The largest absolute Gasteiger partial charge is 0.377 e. The Hall–Kier alpha value is -1.67. The number of halogens is 1. The average molecular weight is 220 g/mol. The molecule has 4 heteroatoms. The van der Waals surface area contributed by atoms with Crippen molar-refractivity contribution in [3.63, 3.8) is 0 Å². The average Bonchev–Trinajstić information content (AvgIpc) is 2.99. The highest BCUT2D eigenvalue weighted by atomic mass is 19.1. The smallest absolute Gasteiger partial charge is 0.235 e. The van der Waals surface area contributed by atoms with Gasteiger partial charge in [-0.1, -0.05) is 0 Å². The van der Waals surface area contributed by atoms with Crippen molar-refractivity contribution in [2.75, 3.05) is 19.0 Å². The third-order valence-electron chi connectivity index (χ3n) is 2.93. The first-order valence-corrected chi connectivity index (χ1v) is 5.15. The first-order valence-electron chi connectivity index (χ1n) is 5.15. The van der Waals surface area contributed by atoms with Gasteiger partial charge in [-0.05, 0) is 31.0 Å². The highest BCUT2D eigenvalue weighted by Crippen LogP contribution is 2.52. The van der Waals surface area contributed by atoms with Gasteiger partial charge in [0.25, 0.3) is 0 Å². The van der Waals surface area contributed by atoms with Crippen LogP contribution in [0.25, 0.3) is 0 Å². The van der Waals surface area contributed by atoms with E-state index in [-0.39, 0.29) is 5.82 Å². The molecule has 3 nitrogen and oxygen atoms in total. The van der Waals surface area contributed by atoms with Crippen LogP contribution in [0, 0.1) is 5.82 Å². The van der Waals surface area contributed by atoms with Gasteiger partial charge in [0.2, 0.25) is 6.08 Å². The molecule has 0 amide bonds. The SMILES string of the molecule is CN(C)c1ccc(F)cc1C1(N=C=O)CC1. The Labute approximate surface area is 93.6 Å². The van der Waals surface area contributed by atoms with Gasteiger partial charge in [0.15, 0.2) is 0 Å². The topological polar surface area (TPSA) is 32.7 Å². The number of isocyanates is 1. The highest BCUT2D eigenvalue weighted by Gasteiger charge is 2.46. The fourth-order valence-electron chi connectivity index (χ4n) is 1.92. The lowest BCUT2D eigenvalue weighted by Gasteiger charge is -2.20. The number of rotatable bonds is 3. The van der Waals surface area contributed by atoms with E-state index >= 15 is 0 Å². The summed E-state index contributed by atoms with van der Waals surface area (Å²) in [7, 11) is 3.77.